The van der Waals surface area contributed by atoms with Gasteiger partial charge in [-0.1, -0.05) is 24.3 Å². The van der Waals surface area contributed by atoms with Crippen molar-refractivity contribution in [1.29, 1.82) is 0 Å². The molecule has 4 heteroatoms. The Hall–Kier alpha value is -2.75. The predicted molar refractivity (Wildman–Crippen MR) is 104 cm³/mol. The van der Waals surface area contributed by atoms with E-state index in [0.717, 1.165) is 48.0 Å². The number of benzene rings is 2. The molecule has 0 spiro atoms. The number of carbonyl (C=O) groups is 1. The lowest BCUT2D eigenvalue weighted by molar-refractivity contribution is -0.133. The zero-order chi connectivity index (χ0) is 18.4. The van der Waals surface area contributed by atoms with Gasteiger partial charge in [0.1, 0.15) is 11.3 Å². The van der Waals surface area contributed by atoms with Crippen LogP contribution >= 0.6 is 0 Å². The number of ether oxygens (including phenoxy) is 1. The zero-order valence-electron chi connectivity index (χ0n) is 15.5. The van der Waals surface area contributed by atoms with E-state index in [1.807, 2.05) is 18.2 Å². The van der Waals surface area contributed by atoms with E-state index in [0.29, 0.717) is 12.5 Å². The molecule has 0 N–H and O–H groups in total. The average molecular weight is 361 g/mol. The Morgan fingerprint density at radius 3 is 2.85 bits per heavy atom. The van der Waals surface area contributed by atoms with Crippen LogP contribution in [0.2, 0.25) is 0 Å². The lowest BCUT2D eigenvalue weighted by atomic mass is 10.0. The third kappa shape index (κ3) is 2.89. The smallest absolute Gasteiger partial charge is 0.227 e. The summed E-state index contributed by atoms with van der Waals surface area (Å²) in [6, 6.07) is 14.9. The fourth-order valence-electron chi connectivity index (χ4n) is 4.39. The summed E-state index contributed by atoms with van der Waals surface area (Å²) in [6.07, 6.45) is 6.43. The van der Waals surface area contributed by atoms with Crippen molar-refractivity contribution >= 4 is 16.9 Å². The van der Waals surface area contributed by atoms with E-state index in [2.05, 4.69) is 29.2 Å². The third-order valence-corrected chi connectivity index (χ3v) is 5.87. The minimum absolute atomic E-state index is 0.206. The van der Waals surface area contributed by atoms with E-state index in [1.54, 1.807) is 13.4 Å². The number of rotatable bonds is 5. The van der Waals surface area contributed by atoms with Crippen molar-refractivity contribution < 1.29 is 13.9 Å². The molecule has 1 unspecified atom stereocenters. The summed E-state index contributed by atoms with van der Waals surface area (Å²) in [5.74, 6) is 0.967. The van der Waals surface area contributed by atoms with Crippen molar-refractivity contribution in [2.24, 2.45) is 0 Å². The second-order valence-corrected chi connectivity index (χ2v) is 7.59. The number of aryl methyl sites for hydroxylation is 1. The molecule has 0 radical (unpaired) electrons. The fraction of sp³-hybridized carbons (Fsp3) is 0.348. The minimum Gasteiger partial charge on any atom is -0.497 e. The number of furan rings is 1. The lowest BCUT2D eigenvalue weighted by Crippen LogP contribution is -2.37. The van der Waals surface area contributed by atoms with Crippen molar-refractivity contribution in [2.75, 3.05) is 7.11 Å². The van der Waals surface area contributed by atoms with Gasteiger partial charge < -0.3 is 14.1 Å². The van der Waals surface area contributed by atoms with Gasteiger partial charge in [0.2, 0.25) is 5.91 Å². The Labute approximate surface area is 158 Å². The standard InChI is InChI=1S/C23H23NO3/c1-26-18-9-10-20-16(14-27-22(20)13-18)12-23(25)24(17-7-8-17)21-11-6-15-4-2-3-5-19(15)21/h2-5,9-10,13-14,17,21H,6-8,11-12H2,1H3. The number of hydrogen-bond donors (Lipinski definition) is 0. The molecule has 1 fully saturated rings. The van der Waals surface area contributed by atoms with Crippen LogP contribution in [-0.2, 0) is 17.6 Å². The molecule has 1 amide bonds. The van der Waals surface area contributed by atoms with Crippen molar-refractivity contribution in [1.82, 2.24) is 4.90 Å². The molecule has 138 valence electrons. The third-order valence-electron chi connectivity index (χ3n) is 5.87. The maximum atomic E-state index is 13.3. The summed E-state index contributed by atoms with van der Waals surface area (Å²) in [5, 5.41) is 0.992. The molecule has 2 aromatic carbocycles. The predicted octanol–water partition coefficient (Wildman–Crippen LogP) is 4.66. The SMILES string of the molecule is COc1ccc2c(CC(=O)N(C3CC3)C3CCc4ccccc43)coc2c1. The molecule has 2 aliphatic rings. The number of fused-ring (bicyclic) bond motifs is 2. The van der Waals surface area contributed by atoms with E-state index in [1.165, 1.54) is 11.1 Å². The molecule has 1 aromatic heterocycles. The molecule has 1 atom stereocenters. The summed E-state index contributed by atoms with van der Waals surface area (Å²) in [5.41, 5.74) is 4.44. The molecule has 27 heavy (non-hydrogen) atoms. The Kier molecular flexibility index (Phi) is 3.92. The molecule has 0 saturated heterocycles. The summed E-state index contributed by atoms with van der Waals surface area (Å²) in [4.78, 5) is 15.5. The van der Waals surface area contributed by atoms with Gasteiger partial charge in [-0.2, -0.15) is 0 Å². The number of amides is 1. The lowest BCUT2D eigenvalue weighted by Gasteiger charge is -2.30. The first-order valence-corrected chi connectivity index (χ1v) is 9.67. The average Bonchev–Trinajstić information content (AvgIpc) is 3.32. The molecule has 3 aromatic rings. The number of carbonyl (C=O) groups excluding carboxylic acids is 1. The first-order chi connectivity index (χ1) is 13.2. The van der Waals surface area contributed by atoms with Crippen LogP contribution in [-0.4, -0.2) is 24.0 Å². The van der Waals surface area contributed by atoms with Gasteiger partial charge in [0.25, 0.3) is 0 Å². The second-order valence-electron chi connectivity index (χ2n) is 7.59. The molecule has 1 saturated carbocycles. The van der Waals surface area contributed by atoms with Crippen molar-refractivity contribution in [3.8, 4) is 5.75 Å². The zero-order valence-corrected chi connectivity index (χ0v) is 15.5. The van der Waals surface area contributed by atoms with Crippen LogP contribution in [0.15, 0.2) is 53.1 Å². The van der Waals surface area contributed by atoms with Gasteiger partial charge in [-0.25, -0.2) is 0 Å². The van der Waals surface area contributed by atoms with Gasteiger partial charge in [-0.05, 0) is 48.9 Å². The number of methoxy groups -OCH3 is 1. The van der Waals surface area contributed by atoms with Crippen molar-refractivity contribution in [3.05, 3.63) is 65.4 Å². The Morgan fingerprint density at radius 1 is 1.19 bits per heavy atom. The van der Waals surface area contributed by atoms with Gasteiger partial charge in [0, 0.05) is 23.1 Å². The van der Waals surface area contributed by atoms with Crippen LogP contribution in [0.5, 0.6) is 5.75 Å². The molecular formula is C23H23NO3. The van der Waals surface area contributed by atoms with E-state index in [-0.39, 0.29) is 11.9 Å². The van der Waals surface area contributed by atoms with Crippen LogP contribution in [0, 0.1) is 0 Å². The van der Waals surface area contributed by atoms with Gasteiger partial charge in [-0.3, -0.25) is 4.79 Å². The Balaban J connectivity index is 1.42. The van der Waals surface area contributed by atoms with E-state index >= 15 is 0 Å². The first-order valence-electron chi connectivity index (χ1n) is 9.67. The highest BCUT2D eigenvalue weighted by atomic mass is 16.5. The van der Waals surface area contributed by atoms with Crippen molar-refractivity contribution in [2.45, 2.75) is 44.2 Å². The van der Waals surface area contributed by atoms with Crippen LogP contribution in [0.4, 0.5) is 0 Å². The summed E-state index contributed by atoms with van der Waals surface area (Å²) in [7, 11) is 1.64. The monoisotopic (exact) mass is 361 g/mol. The Bertz CT molecular complexity index is 1000. The first kappa shape index (κ1) is 16.4. The fourth-order valence-corrected chi connectivity index (χ4v) is 4.39. The van der Waals surface area contributed by atoms with E-state index in [9.17, 15) is 4.79 Å². The maximum Gasteiger partial charge on any atom is 0.227 e. The molecule has 0 aliphatic heterocycles. The Morgan fingerprint density at radius 2 is 2.04 bits per heavy atom. The van der Waals surface area contributed by atoms with Gasteiger partial charge >= 0.3 is 0 Å². The van der Waals surface area contributed by atoms with E-state index in [4.69, 9.17) is 9.15 Å². The summed E-state index contributed by atoms with van der Waals surface area (Å²) >= 11 is 0. The molecule has 4 nitrogen and oxygen atoms in total. The van der Waals surface area contributed by atoms with Gasteiger partial charge in [0.05, 0.1) is 25.8 Å². The van der Waals surface area contributed by atoms with Gasteiger partial charge in [-0.15, -0.1) is 0 Å². The van der Waals surface area contributed by atoms with Gasteiger partial charge in [0.15, 0.2) is 0 Å². The minimum atomic E-state index is 0.206. The number of nitrogens with zero attached hydrogens (tertiary/aromatic N) is 1. The largest absolute Gasteiger partial charge is 0.497 e. The van der Waals surface area contributed by atoms with Crippen molar-refractivity contribution in [3.63, 3.8) is 0 Å². The topological polar surface area (TPSA) is 42.7 Å². The van der Waals surface area contributed by atoms with E-state index < -0.39 is 0 Å². The van der Waals surface area contributed by atoms with Crippen LogP contribution in [0.25, 0.3) is 11.0 Å². The molecule has 0 bridgehead atoms. The second kappa shape index (κ2) is 6.45. The molecule has 5 rings (SSSR count). The number of hydrogen-bond acceptors (Lipinski definition) is 3. The normalized spacial score (nSPS) is 18.5. The maximum absolute atomic E-state index is 13.3. The highest BCUT2D eigenvalue weighted by Crippen LogP contribution is 2.42. The van der Waals surface area contributed by atoms with Crippen LogP contribution in [0.1, 0.15) is 42.0 Å². The molecule has 1 heterocycles. The highest BCUT2D eigenvalue weighted by Gasteiger charge is 2.40. The highest BCUT2D eigenvalue weighted by molar-refractivity contribution is 5.88. The molecular weight excluding hydrogens is 338 g/mol. The summed E-state index contributed by atoms with van der Waals surface area (Å²) in [6.45, 7) is 0. The quantitative estimate of drug-likeness (QED) is 0.664. The summed E-state index contributed by atoms with van der Waals surface area (Å²) < 4.78 is 10.9. The molecule has 2 aliphatic carbocycles. The van der Waals surface area contributed by atoms with Crippen LogP contribution in [0.3, 0.4) is 0 Å². The van der Waals surface area contributed by atoms with Crippen LogP contribution < -0.4 is 4.74 Å².